The predicted octanol–water partition coefficient (Wildman–Crippen LogP) is 3.01. The minimum atomic E-state index is 0.0638. The Morgan fingerprint density at radius 1 is 1.00 bits per heavy atom. The van der Waals surface area contributed by atoms with Crippen LogP contribution >= 0.6 is 0 Å². The number of fused-ring (bicyclic) bond motifs is 4. The fraction of sp³-hybridized carbons (Fsp3) is 0.760. The number of carbonyl (C=O) groups is 1. The molecule has 6 aliphatic rings. The van der Waals surface area contributed by atoms with Gasteiger partial charge >= 0.3 is 6.03 Å². The summed E-state index contributed by atoms with van der Waals surface area (Å²) >= 11 is 0. The lowest BCUT2D eigenvalue weighted by atomic mass is 9.53. The molecule has 0 radical (unpaired) electrons. The number of carbonyl (C=O) groups excluding carboxylic acids is 1. The molecule has 0 spiro atoms. The van der Waals surface area contributed by atoms with Crippen molar-refractivity contribution in [3.8, 4) is 0 Å². The fourth-order valence-electron chi connectivity index (χ4n) is 8.19. The number of likely N-dealkylation sites (tertiary alicyclic amines) is 1. The van der Waals surface area contributed by atoms with Gasteiger partial charge in [-0.3, -0.25) is 4.79 Å². The lowest BCUT2D eigenvalue weighted by Crippen LogP contribution is -2.63. The molecule has 5 fully saturated rings. The van der Waals surface area contributed by atoms with Gasteiger partial charge in [-0.1, -0.05) is 6.07 Å². The molecule has 6 nitrogen and oxygen atoms in total. The fourth-order valence-corrected chi connectivity index (χ4v) is 8.19. The lowest BCUT2D eigenvalue weighted by molar-refractivity contribution is -0.0168. The Morgan fingerprint density at radius 2 is 1.68 bits per heavy atom. The summed E-state index contributed by atoms with van der Waals surface area (Å²) in [7, 11) is 4.00. The van der Waals surface area contributed by atoms with Gasteiger partial charge in [0.15, 0.2) is 0 Å². The monoisotopic (exact) mass is 424 g/mol. The van der Waals surface area contributed by atoms with Crippen molar-refractivity contribution in [2.24, 2.45) is 23.7 Å². The molecular weight excluding hydrogens is 388 g/mol. The van der Waals surface area contributed by atoms with E-state index in [0.717, 1.165) is 55.1 Å². The van der Waals surface area contributed by atoms with Crippen LogP contribution in [0.4, 0.5) is 4.79 Å². The highest BCUT2D eigenvalue weighted by Crippen LogP contribution is 2.55. The van der Waals surface area contributed by atoms with Gasteiger partial charge in [0.2, 0.25) is 0 Å². The number of piperidine rings is 1. The zero-order chi connectivity index (χ0) is 21.3. The Morgan fingerprint density at radius 3 is 2.32 bits per heavy atom. The summed E-state index contributed by atoms with van der Waals surface area (Å²) in [6.07, 6.45) is 8.85. The highest BCUT2D eigenvalue weighted by atomic mass is 16.2. The minimum absolute atomic E-state index is 0.0638. The standard InChI is InChI=1S/C25H36N4O2/c1-27(2)14-20-3-4-22-21-8-19(13-29(22)23(20)30)12-28(15-21)24(31)26-25-9-16-5-17(10-25)7-18(6-16)11-25/h3-4,16-19,21H,5-15H2,1-2H3,(H,26,31)/t16?,17?,18?,19-,21+,25?/m0/s1. The molecule has 2 aliphatic heterocycles. The molecular formula is C25H36N4O2. The zero-order valence-corrected chi connectivity index (χ0v) is 19.0. The highest BCUT2D eigenvalue weighted by Gasteiger charge is 2.52. The molecule has 1 aromatic rings. The number of hydrogen-bond donors (Lipinski definition) is 1. The van der Waals surface area contributed by atoms with Crippen molar-refractivity contribution in [1.29, 1.82) is 0 Å². The minimum Gasteiger partial charge on any atom is -0.333 e. The maximum absolute atomic E-state index is 13.4. The van der Waals surface area contributed by atoms with E-state index >= 15 is 0 Å². The summed E-state index contributed by atoms with van der Waals surface area (Å²) in [6, 6.07) is 4.29. The molecule has 6 heteroatoms. The second kappa shape index (κ2) is 7.09. The van der Waals surface area contributed by atoms with E-state index < -0.39 is 0 Å². The summed E-state index contributed by atoms with van der Waals surface area (Å²) in [6.45, 7) is 2.93. The van der Waals surface area contributed by atoms with Crippen molar-refractivity contribution in [2.75, 3.05) is 27.2 Å². The van der Waals surface area contributed by atoms with E-state index in [2.05, 4.69) is 16.3 Å². The zero-order valence-electron chi connectivity index (χ0n) is 19.0. The first-order valence-electron chi connectivity index (χ1n) is 12.3. The maximum Gasteiger partial charge on any atom is 0.317 e. The first kappa shape index (κ1) is 19.8. The van der Waals surface area contributed by atoms with Crippen LogP contribution in [-0.2, 0) is 13.1 Å². The van der Waals surface area contributed by atoms with Crippen molar-refractivity contribution in [3.05, 3.63) is 33.7 Å². The normalized spacial score (nSPS) is 37.8. The Balaban J connectivity index is 1.19. The molecule has 0 unspecified atom stereocenters. The van der Waals surface area contributed by atoms with Crippen LogP contribution < -0.4 is 10.9 Å². The molecule has 0 aromatic carbocycles. The van der Waals surface area contributed by atoms with Gasteiger partial charge in [0.05, 0.1) is 0 Å². The third-order valence-corrected chi connectivity index (χ3v) is 8.87. The van der Waals surface area contributed by atoms with Crippen molar-refractivity contribution >= 4 is 6.03 Å². The quantitative estimate of drug-likeness (QED) is 0.812. The Hall–Kier alpha value is -1.82. The van der Waals surface area contributed by atoms with Gasteiger partial charge in [-0.05, 0) is 88.8 Å². The largest absolute Gasteiger partial charge is 0.333 e. The number of rotatable bonds is 3. The van der Waals surface area contributed by atoms with Crippen molar-refractivity contribution in [2.45, 2.75) is 69.5 Å². The molecule has 2 atom stereocenters. The molecule has 168 valence electrons. The number of pyridine rings is 1. The summed E-state index contributed by atoms with van der Waals surface area (Å²) in [5, 5.41) is 3.56. The van der Waals surface area contributed by atoms with E-state index in [4.69, 9.17) is 0 Å². The average Bonchev–Trinajstić information content (AvgIpc) is 2.68. The van der Waals surface area contributed by atoms with E-state index in [9.17, 15) is 9.59 Å². The Kier molecular flexibility index (Phi) is 4.54. The van der Waals surface area contributed by atoms with Crippen LogP contribution in [0, 0.1) is 23.7 Å². The Labute approximate surface area is 185 Å². The van der Waals surface area contributed by atoms with E-state index in [1.54, 1.807) is 0 Å². The molecule has 7 rings (SSSR count). The highest BCUT2D eigenvalue weighted by molar-refractivity contribution is 5.75. The molecule has 3 heterocycles. The molecule has 31 heavy (non-hydrogen) atoms. The lowest BCUT2D eigenvalue weighted by Gasteiger charge is -2.57. The third-order valence-electron chi connectivity index (χ3n) is 8.87. The van der Waals surface area contributed by atoms with Gasteiger partial charge in [0.1, 0.15) is 0 Å². The molecule has 1 aromatic heterocycles. The molecule has 4 aliphatic carbocycles. The van der Waals surface area contributed by atoms with Gasteiger partial charge in [0, 0.05) is 48.9 Å². The number of amides is 2. The SMILES string of the molecule is CN(C)Cc1ccc2n(c1=O)C[C@H]1C[C@@H]2CN(C(=O)NC23CC4CC(CC(C4)C2)C3)C1. The smallest absolute Gasteiger partial charge is 0.317 e. The van der Waals surface area contributed by atoms with Crippen LogP contribution in [0.1, 0.15) is 62.1 Å². The van der Waals surface area contributed by atoms with Gasteiger partial charge < -0.3 is 19.7 Å². The molecule has 4 saturated carbocycles. The molecule has 6 bridgehead atoms. The van der Waals surface area contributed by atoms with Crippen LogP contribution in [0.15, 0.2) is 16.9 Å². The van der Waals surface area contributed by atoms with E-state index in [1.165, 1.54) is 38.5 Å². The molecule has 2 amide bonds. The van der Waals surface area contributed by atoms with E-state index in [-0.39, 0.29) is 23.0 Å². The molecule has 1 saturated heterocycles. The van der Waals surface area contributed by atoms with Gasteiger partial charge in [-0.15, -0.1) is 0 Å². The number of hydrogen-bond acceptors (Lipinski definition) is 3. The summed E-state index contributed by atoms with van der Waals surface area (Å²) < 4.78 is 2.01. The van der Waals surface area contributed by atoms with Crippen LogP contribution in [-0.4, -0.2) is 53.1 Å². The van der Waals surface area contributed by atoms with Crippen LogP contribution in [0.2, 0.25) is 0 Å². The predicted molar refractivity (Wildman–Crippen MR) is 120 cm³/mol. The second-order valence-corrected chi connectivity index (χ2v) is 11.8. The van der Waals surface area contributed by atoms with E-state index in [1.807, 2.05) is 29.6 Å². The van der Waals surface area contributed by atoms with Crippen molar-refractivity contribution in [1.82, 2.24) is 19.7 Å². The first-order chi connectivity index (χ1) is 14.9. The second-order valence-electron chi connectivity index (χ2n) is 11.8. The van der Waals surface area contributed by atoms with E-state index in [0.29, 0.717) is 12.5 Å². The Bertz CT molecular complexity index is 916. The number of aromatic nitrogens is 1. The first-order valence-corrected chi connectivity index (χ1v) is 12.3. The van der Waals surface area contributed by atoms with Crippen molar-refractivity contribution < 1.29 is 4.79 Å². The van der Waals surface area contributed by atoms with Crippen LogP contribution in [0.3, 0.4) is 0 Å². The third kappa shape index (κ3) is 3.42. The summed E-state index contributed by atoms with van der Waals surface area (Å²) in [4.78, 5) is 30.6. The molecule has 1 N–H and O–H groups in total. The number of nitrogens with zero attached hydrogens (tertiary/aromatic N) is 3. The van der Waals surface area contributed by atoms with Crippen molar-refractivity contribution in [3.63, 3.8) is 0 Å². The van der Waals surface area contributed by atoms with Gasteiger partial charge in [0.25, 0.3) is 5.56 Å². The summed E-state index contributed by atoms with van der Waals surface area (Å²) in [5.41, 5.74) is 2.21. The van der Waals surface area contributed by atoms with Gasteiger partial charge in [-0.2, -0.15) is 0 Å². The summed E-state index contributed by atoms with van der Waals surface area (Å²) in [5.74, 6) is 3.16. The average molecular weight is 425 g/mol. The van der Waals surface area contributed by atoms with Gasteiger partial charge in [-0.25, -0.2) is 4.79 Å². The number of urea groups is 1. The van der Waals surface area contributed by atoms with Crippen LogP contribution in [0.5, 0.6) is 0 Å². The topological polar surface area (TPSA) is 57.6 Å². The number of nitrogens with one attached hydrogen (secondary N) is 1. The maximum atomic E-state index is 13.4. The van der Waals surface area contributed by atoms with Crippen LogP contribution in [0.25, 0.3) is 0 Å².